The van der Waals surface area contributed by atoms with Crippen molar-refractivity contribution in [3.05, 3.63) is 18.3 Å². The van der Waals surface area contributed by atoms with Crippen LogP contribution in [-0.2, 0) is 4.84 Å². The lowest BCUT2D eigenvalue weighted by atomic mass is 10.4. The van der Waals surface area contributed by atoms with Crippen LogP contribution < -0.4 is 4.92 Å². The molecule has 0 fully saturated rings. The molecule has 1 aromatic heterocycles. The van der Waals surface area contributed by atoms with Gasteiger partial charge in [-0.05, 0) is 12.1 Å². The van der Waals surface area contributed by atoms with Gasteiger partial charge in [-0.2, -0.15) is 9.82 Å². The Labute approximate surface area is 105 Å². The number of quaternary nitrogens is 1. The van der Waals surface area contributed by atoms with E-state index in [-0.39, 0.29) is 5.82 Å². The molecule has 0 spiro atoms. The normalized spacial score (nSPS) is 20.5. The van der Waals surface area contributed by atoms with Gasteiger partial charge in [-0.25, -0.2) is 9.48 Å². The zero-order valence-electron chi connectivity index (χ0n) is 10.8. The van der Waals surface area contributed by atoms with E-state index < -0.39 is 4.92 Å². The standard InChI is InChI=1S/C10H16N6O2/c1-14(2)10(15(3)4)18-16(17)9-8(12-13-16)6-5-7-11-9/h5-7,17H,1-4H3/q+2. The molecule has 0 amide bonds. The maximum absolute atomic E-state index is 10.3. The number of fused-ring (bicyclic) bond motifs is 1. The quantitative estimate of drug-likeness (QED) is 0.349. The van der Waals surface area contributed by atoms with Gasteiger partial charge in [0.2, 0.25) is 0 Å². The zero-order chi connectivity index (χ0) is 13.3. The molecule has 8 heteroatoms. The Balaban J connectivity index is 2.36. The van der Waals surface area contributed by atoms with Gasteiger partial charge in [0.1, 0.15) is 5.22 Å². The highest BCUT2D eigenvalue weighted by molar-refractivity contribution is 5.69. The summed E-state index contributed by atoms with van der Waals surface area (Å²) in [5, 5.41) is 17.9. The minimum absolute atomic E-state index is 0.235. The van der Waals surface area contributed by atoms with E-state index in [2.05, 4.69) is 15.3 Å². The van der Waals surface area contributed by atoms with Crippen LogP contribution in [0.3, 0.4) is 0 Å². The monoisotopic (exact) mass is 252 g/mol. The van der Waals surface area contributed by atoms with Crippen LogP contribution in [0.1, 0.15) is 0 Å². The van der Waals surface area contributed by atoms with Crippen molar-refractivity contribution in [2.75, 3.05) is 28.2 Å². The fourth-order valence-electron chi connectivity index (χ4n) is 1.58. The van der Waals surface area contributed by atoms with E-state index in [9.17, 15) is 5.21 Å². The van der Waals surface area contributed by atoms with Crippen molar-refractivity contribution in [1.82, 2.24) is 14.8 Å². The van der Waals surface area contributed by atoms with E-state index in [0.717, 1.165) is 0 Å². The van der Waals surface area contributed by atoms with Gasteiger partial charge in [0.05, 0.1) is 28.2 Å². The molecule has 18 heavy (non-hydrogen) atoms. The maximum atomic E-state index is 10.3. The van der Waals surface area contributed by atoms with Crippen molar-refractivity contribution in [1.29, 1.82) is 0 Å². The number of hydrogen-bond acceptors (Lipinski definition) is 5. The van der Waals surface area contributed by atoms with Crippen molar-refractivity contribution in [3.63, 3.8) is 0 Å². The molecular weight excluding hydrogens is 236 g/mol. The first-order valence-electron chi connectivity index (χ1n) is 5.36. The topological polar surface area (TPSA) is 73.3 Å². The summed E-state index contributed by atoms with van der Waals surface area (Å²) >= 11 is 0. The Morgan fingerprint density at radius 1 is 1.44 bits per heavy atom. The molecule has 0 saturated heterocycles. The van der Waals surface area contributed by atoms with Crippen LogP contribution in [0.15, 0.2) is 28.7 Å². The molecule has 96 valence electrons. The van der Waals surface area contributed by atoms with Gasteiger partial charge >= 0.3 is 11.8 Å². The van der Waals surface area contributed by atoms with Crippen LogP contribution in [-0.4, -0.2) is 53.9 Å². The number of aromatic nitrogens is 1. The minimum Gasteiger partial charge on any atom is -0.230 e. The molecule has 2 heterocycles. The smallest absolute Gasteiger partial charge is 0.230 e. The van der Waals surface area contributed by atoms with Gasteiger partial charge in [0.25, 0.3) is 0 Å². The molecule has 0 saturated carbocycles. The molecule has 0 bridgehead atoms. The average molecular weight is 252 g/mol. The molecule has 0 aromatic carbocycles. The predicted molar refractivity (Wildman–Crippen MR) is 64.2 cm³/mol. The number of rotatable bonds is 1. The third-order valence-electron chi connectivity index (χ3n) is 2.29. The van der Waals surface area contributed by atoms with Crippen molar-refractivity contribution in [2.45, 2.75) is 0 Å². The fraction of sp³-hybridized carbons (Fsp3) is 0.400. The van der Waals surface area contributed by atoms with Crippen molar-refractivity contribution < 1.29 is 14.6 Å². The molecule has 1 unspecified atom stereocenters. The fourth-order valence-corrected chi connectivity index (χ4v) is 1.58. The second-order valence-electron chi connectivity index (χ2n) is 4.24. The van der Waals surface area contributed by atoms with Gasteiger partial charge in [0.15, 0.2) is 10.6 Å². The molecule has 1 N–H and O–H groups in total. The summed E-state index contributed by atoms with van der Waals surface area (Å²) in [5.41, 5.74) is 0.483. The summed E-state index contributed by atoms with van der Waals surface area (Å²) in [6, 6.07) is 3.85. The molecule has 1 aliphatic rings. The zero-order valence-corrected chi connectivity index (χ0v) is 10.8. The third-order valence-corrected chi connectivity index (χ3v) is 2.29. The highest BCUT2D eigenvalue weighted by Crippen LogP contribution is 2.37. The highest BCUT2D eigenvalue weighted by atomic mass is 17.0. The maximum Gasteiger partial charge on any atom is 0.504 e. The second kappa shape index (κ2) is 4.31. The molecule has 8 nitrogen and oxygen atoms in total. The Kier molecular flexibility index (Phi) is 2.97. The van der Waals surface area contributed by atoms with Crippen LogP contribution in [0.5, 0.6) is 0 Å². The summed E-state index contributed by atoms with van der Waals surface area (Å²) in [7, 11) is 7.20. The first-order chi connectivity index (χ1) is 8.44. The van der Waals surface area contributed by atoms with Crippen LogP contribution in [0.2, 0.25) is 0 Å². The Hall–Kier alpha value is -2.06. The Morgan fingerprint density at radius 3 is 2.78 bits per heavy atom. The summed E-state index contributed by atoms with van der Waals surface area (Å²) in [6.07, 6.45) is 1.55. The van der Waals surface area contributed by atoms with Gasteiger partial charge < -0.3 is 0 Å². The Morgan fingerprint density at radius 2 is 2.17 bits per heavy atom. The van der Waals surface area contributed by atoms with Crippen molar-refractivity contribution >= 4 is 17.5 Å². The summed E-state index contributed by atoms with van der Waals surface area (Å²) in [5.74, 6) is 0.235. The third kappa shape index (κ3) is 2.03. The Bertz CT molecular complexity index is 523. The van der Waals surface area contributed by atoms with Crippen molar-refractivity contribution in [3.8, 4) is 0 Å². The van der Waals surface area contributed by atoms with E-state index in [0.29, 0.717) is 11.7 Å². The lowest BCUT2D eigenvalue weighted by molar-refractivity contribution is -0.492. The molecule has 1 atom stereocenters. The van der Waals surface area contributed by atoms with Crippen LogP contribution in [0, 0.1) is 0 Å². The molecule has 1 aliphatic heterocycles. The number of amidine groups is 1. The second-order valence-corrected chi connectivity index (χ2v) is 4.24. The SMILES string of the molecule is CN(C)C(O[N+]1(O)N=Nc2cccnc21)=[N+](C)C. The summed E-state index contributed by atoms with van der Waals surface area (Å²) < 4.78 is 1.71. The van der Waals surface area contributed by atoms with Crippen LogP contribution in [0.4, 0.5) is 11.5 Å². The summed E-state index contributed by atoms with van der Waals surface area (Å²) in [4.78, 5) is 10.1. The van der Waals surface area contributed by atoms with E-state index >= 15 is 0 Å². The van der Waals surface area contributed by atoms with E-state index in [4.69, 9.17) is 4.84 Å². The average Bonchev–Trinajstić information content (AvgIpc) is 2.65. The molecule has 0 aliphatic carbocycles. The number of hydrogen-bond donors (Lipinski definition) is 1. The van der Waals surface area contributed by atoms with E-state index in [1.165, 1.54) is 0 Å². The molecular formula is C10H16N6O2+2. The van der Waals surface area contributed by atoms with Gasteiger partial charge in [-0.3, -0.25) is 0 Å². The van der Waals surface area contributed by atoms with Crippen LogP contribution in [0.25, 0.3) is 0 Å². The van der Waals surface area contributed by atoms with Crippen molar-refractivity contribution in [2.24, 2.45) is 10.3 Å². The number of nitrogens with zero attached hydrogens (tertiary/aromatic N) is 6. The minimum atomic E-state index is -1.14. The molecule has 0 radical (unpaired) electrons. The largest absolute Gasteiger partial charge is 0.504 e. The van der Waals surface area contributed by atoms with E-state index in [1.807, 2.05) is 0 Å². The first kappa shape index (κ1) is 12.4. The molecule has 1 aromatic rings. The highest BCUT2D eigenvalue weighted by Gasteiger charge is 2.47. The van der Waals surface area contributed by atoms with Gasteiger partial charge in [0, 0.05) is 6.20 Å². The lowest BCUT2D eigenvalue weighted by Crippen LogP contribution is -2.47. The predicted octanol–water partition coefficient (Wildman–Crippen LogP) is 0.912. The summed E-state index contributed by atoms with van der Waals surface area (Å²) in [6.45, 7) is 0. The number of pyridine rings is 1. The first-order valence-corrected chi connectivity index (χ1v) is 5.36. The van der Waals surface area contributed by atoms with Crippen LogP contribution >= 0.6 is 0 Å². The van der Waals surface area contributed by atoms with E-state index in [1.54, 1.807) is 56.0 Å². The molecule has 2 rings (SSSR count). The van der Waals surface area contributed by atoms with Gasteiger partial charge in [-0.15, -0.1) is 5.21 Å². The lowest BCUT2D eigenvalue weighted by Gasteiger charge is -2.16. The van der Waals surface area contributed by atoms with Gasteiger partial charge in [-0.1, -0.05) is 5.11 Å².